The van der Waals surface area contributed by atoms with Crippen molar-refractivity contribution >= 4 is 23.2 Å². The van der Waals surface area contributed by atoms with Gasteiger partial charge in [0.15, 0.2) is 0 Å². The first-order valence-corrected chi connectivity index (χ1v) is 11.7. The van der Waals surface area contributed by atoms with Crippen molar-refractivity contribution in [2.24, 2.45) is 0 Å². The van der Waals surface area contributed by atoms with Crippen molar-refractivity contribution in [3.8, 4) is 0 Å². The lowest BCUT2D eigenvalue weighted by Crippen LogP contribution is -2.48. The van der Waals surface area contributed by atoms with E-state index in [1.165, 1.54) is 0 Å². The van der Waals surface area contributed by atoms with E-state index in [4.69, 9.17) is 0 Å². The highest BCUT2D eigenvalue weighted by molar-refractivity contribution is 6.06. The number of hydrogen-bond donors (Lipinski definition) is 1. The summed E-state index contributed by atoms with van der Waals surface area (Å²) in [6, 6.07) is 13.9. The second kappa shape index (κ2) is 9.74. The van der Waals surface area contributed by atoms with Gasteiger partial charge in [0.25, 0.3) is 11.8 Å². The molecule has 0 saturated carbocycles. The lowest BCUT2D eigenvalue weighted by atomic mass is 10.0. The van der Waals surface area contributed by atoms with Crippen LogP contribution in [0.2, 0.25) is 0 Å². The maximum atomic E-state index is 12.9. The fraction of sp³-hybridized carbons (Fsp3) is 0.462. The zero-order valence-electron chi connectivity index (χ0n) is 19.4. The highest BCUT2D eigenvalue weighted by atomic mass is 16.2. The molecule has 2 saturated heterocycles. The molecule has 0 aliphatic carbocycles. The molecule has 4 rings (SSSR count). The fourth-order valence-electron chi connectivity index (χ4n) is 4.61. The van der Waals surface area contributed by atoms with Crippen molar-refractivity contribution in [2.45, 2.75) is 39.7 Å². The smallest absolute Gasteiger partial charge is 0.255 e. The lowest BCUT2D eigenvalue weighted by molar-refractivity contribution is 0.0791. The van der Waals surface area contributed by atoms with Crippen molar-refractivity contribution in [2.75, 3.05) is 49.5 Å². The molecule has 0 spiro atoms. The van der Waals surface area contributed by atoms with Gasteiger partial charge in [-0.3, -0.25) is 14.5 Å². The molecule has 6 heteroatoms. The van der Waals surface area contributed by atoms with E-state index in [2.05, 4.69) is 29.0 Å². The van der Waals surface area contributed by atoms with E-state index < -0.39 is 0 Å². The average molecular weight is 435 g/mol. The first-order chi connectivity index (χ1) is 15.4. The number of nitrogens with one attached hydrogen (secondary N) is 1. The van der Waals surface area contributed by atoms with E-state index in [-0.39, 0.29) is 11.8 Å². The Morgan fingerprint density at radius 2 is 1.53 bits per heavy atom. The van der Waals surface area contributed by atoms with Crippen LogP contribution in [0.4, 0.5) is 11.4 Å². The molecular formula is C26H34N4O2. The Hall–Kier alpha value is -2.86. The quantitative estimate of drug-likeness (QED) is 0.773. The van der Waals surface area contributed by atoms with Crippen LogP contribution in [0.3, 0.4) is 0 Å². The van der Waals surface area contributed by atoms with E-state index in [1.54, 1.807) is 0 Å². The van der Waals surface area contributed by atoms with Crippen LogP contribution in [-0.2, 0) is 0 Å². The Morgan fingerprint density at radius 3 is 2.16 bits per heavy atom. The molecule has 2 aromatic rings. The van der Waals surface area contributed by atoms with Crippen molar-refractivity contribution in [3.63, 3.8) is 0 Å². The Balaban J connectivity index is 1.41. The molecular weight excluding hydrogens is 400 g/mol. The number of likely N-dealkylation sites (tertiary alicyclic amines) is 1. The number of piperazine rings is 1. The summed E-state index contributed by atoms with van der Waals surface area (Å²) >= 11 is 0. The largest absolute Gasteiger partial charge is 0.369 e. The number of rotatable bonds is 5. The summed E-state index contributed by atoms with van der Waals surface area (Å²) in [7, 11) is 0. The molecule has 2 aromatic carbocycles. The zero-order valence-corrected chi connectivity index (χ0v) is 19.4. The minimum Gasteiger partial charge on any atom is -0.369 e. The van der Waals surface area contributed by atoms with Gasteiger partial charge in [-0.1, -0.05) is 6.07 Å². The Bertz CT molecular complexity index is 956. The topological polar surface area (TPSA) is 55.9 Å². The standard InChI is InChI=1S/C26H34N4O2/c1-19(2)28-15-17-29(18-16-28)22-11-9-21(10-12-22)25(31)27-24-8-6-7-23(20(24)3)26(32)30-13-4-5-14-30/h6-12,19H,4-5,13-18H2,1-3H3,(H,27,31). The number of benzene rings is 2. The van der Waals surface area contributed by atoms with Gasteiger partial charge in [0, 0.05) is 67.8 Å². The van der Waals surface area contributed by atoms with Crippen LogP contribution in [0.1, 0.15) is 53.0 Å². The first-order valence-electron chi connectivity index (χ1n) is 11.7. The second-order valence-electron chi connectivity index (χ2n) is 9.10. The minimum atomic E-state index is -0.157. The third-order valence-corrected chi connectivity index (χ3v) is 6.74. The SMILES string of the molecule is Cc1c(NC(=O)c2ccc(N3CCN(C(C)C)CC3)cc2)cccc1C(=O)N1CCCC1. The molecule has 0 aromatic heterocycles. The van der Waals surface area contributed by atoms with Crippen LogP contribution in [-0.4, -0.2) is 66.9 Å². The van der Waals surface area contributed by atoms with E-state index >= 15 is 0 Å². The molecule has 2 heterocycles. The molecule has 1 N–H and O–H groups in total. The van der Waals surface area contributed by atoms with Crippen LogP contribution >= 0.6 is 0 Å². The fourth-order valence-corrected chi connectivity index (χ4v) is 4.61. The summed E-state index contributed by atoms with van der Waals surface area (Å²) in [5.41, 5.74) is 3.94. The van der Waals surface area contributed by atoms with Gasteiger partial charge in [0.05, 0.1) is 0 Å². The number of anilines is 2. The second-order valence-corrected chi connectivity index (χ2v) is 9.10. The maximum absolute atomic E-state index is 12.9. The lowest BCUT2D eigenvalue weighted by Gasteiger charge is -2.38. The normalized spacial score (nSPS) is 17.1. The van der Waals surface area contributed by atoms with Crippen LogP contribution in [0, 0.1) is 6.92 Å². The van der Waals surface area contributed by atoms with Gasteiger partial charge in [0.2, 0.25) is 0 Å². The number of nitrogens with zero attached hydrogens (tertiary/aromatic N) is 3. The maximum Gasteiger partial charge on any atom is 0.255 e. The minimum absolute atomic E-state index is 0.0537. The molecule has 0 bridgehead atoms. The van der Waals surface area contributed by atoms with Gasteiger partial charge in [-0.05, 0) is 75.6 Å². The number of amides is 2. The Morgan fingerprint density at radius 1 is 0.875 bits per heavy atom. The van der Waals surface area contributed by atoms with E-state index in [1.807, 2.05) is 54.3 Å². The molecule has 0 unspecified atom stereocenters. The van der Waals surface area contributed by atoms with Gasteiger partial charge in [-0.15, -0.1) is 0 Å². The van der Waals surface area contributed by atoms with Crippen molar-refractivity contribution in [3.05, 3.63) is 59.2 Å². The van der Waals surface area contributed by atoms with Crippen LogP contribution < -0.4 is 10.2 Å². The van der Waals surface area contributed by atoms with Crippen molar-refractivity contribution in [1.82, 2.24) is 9.80 Å². The van der Waals surface area contributed by atoms with Crippen molar-refractivity contribution in [1.29, 1.82) is 0 Å². The Labute approximate surface area is 191 Å². The van der Waals surface area contributed by atoms with Crippen LogP contribution in [0.5, 0.6) is 0 Å². The summed E-state index contributed by atoms with van der Waals surface area (Å²) < 4.78 is 0. The predicted molar refractivity (Wildman–Crippen MR) is 130 cm³/mol. The van der Waals surface area contributed by atoms with Crippen molar-refractivity contribution < 1.29 is 9.59 Å². The predicted octanol–water partition coefficient (Wildman–Crippen LogP) is 4.01. The van der Waals surface area contributed by atoms with E-state index in [0.717, 1.165) is 63.4 Å². The van der Waals surface area contributed by atoms with Crippen LogP contribution in [0.15, 0.2) is 42.5 Å². The molecule has 170 valence electrons. The third kappa shape index (κ3) is 4.80. The van der Waals surface area contributed by atoms with Gasteiger partial charge >= 0.3 is 0 Å². The van der Waals surface area contributed by atoms with Gasteiger partial charge in [-0.25, -0.2) is 0 Å². The summed E-state index contributed by atoms with van der Waals surface area (Å²) in [5, 5.41) is 3.00. The number of hydrogen-bond acceptors (Lipinski definition) is 4. The summed E-state index contributed by atoms with van der Waals surface area (Å²) in [6.07, 6.45) is 2.12. The van der Waals surface area contributed by atoms with Gasteiger partial charge in [-0.2, -0.15) is 0 Å². The first kappa shape index (κ1) is 22.3. The summed E-state index contributed by atoms with van der Waals surface area (Å²) in [5.74, 6) is -0.104. The third-order valence-electron chi connectivity index (χ3n) is 6.74. The molecule has 6 nitrogen and oxygen atoms in total. The highest BCUT2D eigenvalue weighted by Gasteiger charge is 2.22. The Kier molecular flexibility index (Phi) is 6.80. The van der Waals surface area contributed by atoms with Crippen LogP contribution in [0.25, 0.3) is 0 Å². The monoisotopic (exact) mass is 434 g/mol. The zero-order chi connectivity index (χ0) is 22.7. The molecule has 2 aliphatic rings. The van der Waals surface area contributed by atoms with Gasteiger partial charge in [0.1, 0.15) is 0 Å². The van der Waals surface area contributed by atoms with E-state index in [9.17, 15) is 9.59 Å². The summed E-state index contributed by atoms with van der Waals surface area (Å²) in [6.45, 7) is 12.1. The number of carbonyl (C=O) groups is 2. The highest BCUT2D eigenvalue weighted by Crippen LogP contribution is 2.24. The molecule has 2 amide bonds. The van der Waals surface area contributed by atoms with Gasteiger partial charge < -0.3 is 15.1 Å². The molecule has 0 radical (unpaired) electrons. The molecule has 2 fully saturated rings. The number of carbonyl (C=O) groups excluding carboxylic acids is 2. The average Bonchev–Trinajstić information content (AvgIpc) is 3.35. The molecule has 32 heavy (non-hydrogen) atoms. The summed E-state index contributed by atoms with van der Waals surface area (Å²) in [4.78, 5) is 32.5. The van der Waals surface area contributed by atoms with E-state index in [0.29, 0.717) is 22.9 Å². The molecule has 2 aliphatic heterocycles. The molecule has 0 atom stereocenters.